The molecular weight excluding hydrogens is 180 g/mol. The van der Waals surface area contributed by atoms with Crippen molar-refractivity contribution in [2.24, 2.45) is 0 Å². The van der Waals surface area contributed by atoms with Crippen LogP contribution in [-0.4, -0.2) is 30.1 Å². The van der Waals surface area contributed by atoms with Crippen LogP contribution in [0.3, 0.4) is 0 Å². The van der Waals surface area contributed by atoms with E-state index in [0.29, 0.717) is 6.61 Å². The van der Waals surface area contributed by atoms with Crippen LogP contribution in [0.15, 0.2) is 30.3 Å². The first kappa shape index (κ1) is 10.4. The molecule has 1 aromatic carbocycles. The van der Waals surface area contributed by atoms with Crippen molar-refractivity contribution in [3.05, 3.63) is 35.9 Å². The summed E-state index contributed by atoms with van der Waals surface area (Å²) in [6.45, 7) is 1.46. The highest BCUT2D eigenvalue weighted by atomic mass is 28.2. The fourth-order valence-corrected chi connectivity index (χ4v) is 2.11. The number of hydrogen-bond donors (Lipinski definition) is 0. The zero-order chi connectivity index (χ0) is 9.36. The first-order valence-corrected chi connectivity index (χ1v) is 6.12. The van der Waals surface area contributed by atoms with Crippen LogP contribution in [0.1, 0.15) is 5.56 Å². The van der Waals surface area contributed by atoms with E-state index in [2.05, 4.69) is 24.3 Å². The second kappa shape index (κ2) is 6.83. The SMILES string of the molecule is COCCO[SiH2]Cc1ccccc1. The summed E-state index contributed by atoms with van der Waals surface area (Å²) in [7, 11) is 1.31. The standard InChI is InChI=1S/C10H16O2Si/c1-11-7-8-12-13-9-10-5-3-2-4-6-10/h2-6H,7-9,13H2,1H3. The fraction of sp³-hybridized carbons (Fsp3) is 0.400. The van der Waals surface area contributed by atoms with Crippen molar-refractivity contribution in [3.8, 4) is 0 Å². The normalized spacial score (nSPS) is 11.2. The van der Waals surface area contributed by atoms with Gasteiger partial charge in [-0.2, -0.15) is 0 Å². The largest absolute Gasteiger partial charge is 0.421 e. The van der Waals surface area contributed by atoms with Crippen molar-refractivity contribution < 1.29 is 9.16 Å². The molecular formula is C10H16O2Si. The summed E-state index contributed by atoms with van der Waals surface area (Å²) < 4.78 is 10.4. The second-order valence-corrected chi connectivity index (χ2v) is 4.16. The monoisotopic (exact) mass is 196 g/mol. The van der Waals surface area contributed by atoms with Gasteiger partial charge in [-0.15, -0.1) is 0 Å². The fourth-order valence-electron chi connectivity index (χ4n) is 1.08. The van der Waals surface area contributed by atoms with Gasteiger partial charge >= 0.3 is 0 Å². The van der Waals surface area contributed by atoms with Crippen LogP contribution < -0.4 is 0 Å². The minimum Gasteiger partial charge on any atom is -0.421 e. The third kappa shape index (κ3) is 4.82. The van der Waals surface area contributed by atoms with E-state index in [1.165, 1.54) is 5.56 Å². The predicted molar refractivity (Wildman–Crippen MR) is 56.5 cm³/mol. The minimum atomic E-state index is -0.387. The summed E-state index contributed by atoms with van der Waals surface area (Å²) in [6, 6.07) is 11.6. The topological polar surface area (TPSA) is 18.5 Å². The third-order valence-corrected chi connectivity index (χ3v) is 3.17. The van der Waals surface area contributed by atoms with Crippen LogP contribution in [0.5, 0.6) is 0 Å². The van der Waals surface area contributed by atoms with Crippen LogP contribution >= 0.6 is 0 Å². The molecule has 0 bridgehead atoms. The number of benzene rings is 1. The van der Waals surface area contributed by atoms with Crippen molar-refractivity contribution in [1.29, 1.82) is 0 Å². The van der Waals surface area contributed by atoms with Gasteiger partial charge in [0.2, 0.25) is 0 Å². The first-order valence-electron chi connectivity index (χ1n) is 4.54. The third-order valence-electron chi connectivity index (χ3n) is 1.81. The summed E-state index contributed by atoms with van der Waals surface area (Å²) in [6.07, 6.45) is 0. The average molecular weight is 196 g/mol. The second-order valence-electron chi connectivity index (χ2n) is 2.84. The molecule has 0 amide bonds. The Morgan fingerprint density at radius 1 is 1.15 bits per heavy atom. The highest BCUT2D eigenvalue weighted by Gasteiger charge is 1.92. The van der Waals surface area contributed by atoms with E-state index < -0.39 is 0 Å². The molecule has 0 aliphatic rings. The smallest absolute Gasteiger partial charge is 0.165 e. The molecule has 72 valence electrons. The van der Waals surface area contributed by atoms with Crippen LogP contribution in [0.25, 0.3) is 0 Å². The zero-order valence-electron chi connectivity index (χ0n) is 8.03. The van der Waals surface area contributed by atoms with E-state index >= 15 is 0 Å². The van der Waals surface area contributed by atoms with Gasteiger partial charge < -0.3 is 9.16 Å². The molecule has 0 radical (unpaired) electrons. The molecule has 0 N–H and O–H groups in total. The van der Waals surface area contributed by atoms with Gasteiger partial charge in [0, 0.05) is 7.11 Å². The zero-order valence-corrected chi connectivity index (χ0v) is 9.45. The maximum atomic E-state index is 5.49. The van der Waals surface area contributed by atoms with Crippen molar-refractivity contribution in [2.45, 2.75) is 6.04 Å². The van der Waals surface area contributed by atoms with Gasteiger partial charge in [-0.3, -0.25) is 0 Å². The molecule has 0 aliphatic carbocycles. The number of methoxy groups -OCH3 is 1. The van der Waals surface area contributed by atoms with Crippen molar-refractivity contribution in [1.82, 2.24) is 0 Å². The van der Waals surface area contributed by atoms with E-state index in [-0.39, 0.29) is 9.76 Å². The van der Waals surface area contributed by atoms with E-state index in [4.69, 9.17) is 9.16 Å². The molecule has 0 unspecified atom stereocenters. The van der Waals surface area contributed by atoms with E-state index in [1.54, 1.807) is 7.11 Å². The first-order chi connectivity index (χ1) is 6.43. The minimum absolute atomic E-state index is 0.387. The van der Waals surface area contributed by atoms with Gasteiger partial charge in [-0.05, 0) is 11.6 Å². The maximum Gasteiger partial charge on any atom is 0.165 e. The maximum absolute atomic E-state index is 5.49. The van der Waals surface area contributed by atoms with Gasteiger partial charge in [0.25, 0.3) is 0 Å². The lowest BCUT2D eigenvalue weighted by Gasteiger charge is -2.02. The van der Waals surface area contributed by atoms with Gasteiger partial charge in [0.1, 0.15) is 0 Å². The van der Waals surface area contributed by atoms with Gasteiger partial charge in [0.15, 0.2) is 9.76 Å². The number of hydrogen-bond acceptors (Lipinski definition) is 2. The van der Waals surface area contributed by atoms with Crippen LogP contribution in [0.2, 0.25) is 0 Å². The van der Waals surface area contributed by atoms with Gasteiger partial charge in [0.05, 0.1) is 13.2 Å². The molecule has 13 heavy (non-hydrogen) atoms. The lowest BCUT2D eigenvalue weighted by Crippen LogP contribution is -2.08. The van der Waals surface area contributed by atoms with E-state index in [0.717, 1.165) is 12.7 Å². The summed E-state index contributed by atoms with van der Waals surface area (Å²) in [5.74, 6) is 0. The molecule has 1 rings (SSSR count). The summed E-state index contributed by atoms with van der Waals surface area (Å²) in [5, 5.41) is 0. The molecule has 3 heteroatoms. The Morgan fingerprint density at radius 2 is 1.92 bits per heavy atom. The molecule has 0 atom stereocenters. The summed E-state index contributed by atoms with van der Waals surface area (Å²) in [5.41, 5.74) is 1.38. The molecule has 2 nitrogen and oxygen atoms in total. The van der Waals surface area contributed by atoms with Crippen LogP contribution in [-0.2, 0) is 15.2 Å². The van der Waals surface area contributed by atoms with Gasteiger partial charge in [-0.25, -0.2) is 0 Å². The Balaban J connectivity index is 2.07. The molecule has 0 spiro atoms. The predicted octanol–water partition coefficient (Wildman–Crippen LogP) is 0.933. The molecule has 0 saturated carbocycles. The molecule has 1 aromatic rings. The summed E-state index contributed by atoms with van der Waals surface area (Å²) in [4.78, 5) is 0. The van der Waals surface area contributed by atoms with E-state index in [1.807, 2.05) is 6.07 Å². The van der Waals surface area contributed by atoms with Gasteiger partial charge in [-0.1, -0.05) is 30.3 Å². The number of ether oxygens (including phenoxy) is 1. The Hall–Kier alpha value is -0.643. The number of rotatable bonds is 6. The molecule has 0 aliphatic heterocycles. The average Bonchev–Trinajstić information content (AvgIpc) is 2.19. The molecule has 0 saturated heterocycles. The lowest BCUT2D eigenvalue weighted by molar-refractivity contribution is 0.149. The van der Waals surface area contributed by atoms with Crippen LogP contribution in [0, 0.1) is 0 Å². The Labute approximate surface area is 81.8 Å². The quantitative estimate of drug-likeness (QED) is 0.498. The highest BCUT2D eigenvalue weighted by molar-refractivity contribution is 6.26. The Morgan fingerprint density at radius 3 is 2.62 bits per heavy atom. The van der Waals surface area contributed by atoms with Crippen molar-refractivity contribution >= 4 is 9.76 Å². The molecule has 0 aromatic heterocycles. The van der Waals surface area contributed by atoms with Crippen molar-refractivity contribution in [3.63, 3.8) is 0 Å². The Kier molecular flexibility index (Phi) is 5.48. The van der Waals surface area contributed by atoms with E-state index in [9.17, 15) is 0 Å². The molecule has 0 fully saturated rings. The highest BCUT2D eigenvalue weighted by Crippen LogP contribution is 1.97. The lowest BCUT2D eigenvalue weighted by atomic mass is 10.2. The molecule has 0 heterocycles. The van der Waals surface area contributed by atoms with Crippen LogP contribution in [0.4, 0.5) is 0 Å². The Bertz CT molecular complexity index is 213. The van der Waals surface area contributed by atoms with Crippen molar-refractivity contribution in [2.75, 3.05) is 20.3 Å². The summed E-state index contributed by atoms with van der Waals surface area (Å²) >= 11 is 0.